The minimum atomic E-state index is 1.10. The Morgan fingerprint density at radius 1 is 0.211 bits per heavy atom. The summed E-state index contributed by atoms with van der Waals surface area (Å²) in [7, 11) is 0. The van der Waals surface area contributed by atoms with E-state index in [9.17, 15) is 0 Å². The number of fused-ring (bicyclic) bond motifs is 8. The molecule has 0 aromatic heterocycles. The molecule has 0 aliphatic carbocycles. The van der Waals surface area contributed by atoms with Crippen molar-refractivity contribution in [1.82, 2.24) is 0 Å². The lowest BCUT2D eigenvalue weighted by Crippen LogP contribution is -2.10. The molecule has 0 saturated heterocycles. The van der Waals surface area contributed by atoms with Gasteiger partial charge >= 0.3 is 0 Å². The molecule has 0 N–H and O–H groups in total. The smallest absolute Gasteiger partial charge is 0.0468 e. The number of rotatable bonds is 6. The summed E-state index contributed by atoms with van der Waals surface area (Å²) >= 11 is 0. The molecule has 57 heavy (non-hydrogen) atoms. The Labute approximate surface area is 332 Å². The van der Waals surface area contributed by atoms with Gasteiger partial charge in [0.25, 0.3) is 0 Å². The molecule has 266 valence electrons. The lowest BCUT2D eigenvalue weighted by atomic mass is 9.87. The molecule has 1 heteroatoms. The lowest BCUT2D eigenvalue weighted by molar-refractivity contribution is 1.29. The molecule has 0 saturated carbocycles. The molecule has 11 aromatic rings. The van der Waals surface area contributed by atoms with Gasteiger partial charge in [-0.25, -0.2) is 0 Å². The van der Waals surface area contributed by atoms with Gasteiger partial charge in [0.1, 0.15) is 0 Å². The molecule has 0 heterocycles. The van der Waals surface area contributed by atoms with E-state index in [1.54, 1.807) is 0 Å². The van der Waals surface area contributed by atoms with Crippen molar-refractivity contribution >= 4 is 70.9 Å². The van der Waals surface area contributed by atoms with Crippen LogP contribution in [0.25, 0.3) is 87.2 Å². The highest BCUT2D eigenvalue weighted by Crippen LogP contribution is 2.45. The molecular weight excluding hydrogens is 687 g/mol. The Hall–Kier alpha value is -7.48. The second-order valence-corrected chi connectivity index (χ2v) is 14.9. The first-order chi connectivity index (χ1) is 28.3. The van der Waals surface area contributed by atoms with Crippen molar-refractivity contribution in [3.63, 3.8) is 0 Å². The fourth-order valence-electron chi connectivity index (χ4n) is 8.88. The van der Waals surface area contributed by atoms with Crippen LogP contribution in [0.4, 0.5) is 17.1 Å². The van der Waals surface area contributed by atoms with Crippen LogP contribution in [0.5, 0.6) is 0 Å². The first kappa shape index (κ1) is 32.9. The summed E-state index contributed by atoms with van der Waals surface area (Å²) in [4.78, 5) is 2.43. The van der Waals surface area contributed by atoms with E-state index >= 15 is 0 Å². The predicted molar refractivity (Wildman–Crippen MR) is 245 cm³/mol. The molecule has 0 bridgehead atoms. The van der Waals surface area contributed by atoms with Crippen LogP contribution in [0.2, 0.25) is 0 Å². The number of hydrogen-bond acceptors (Lipinski definition) is 1. The van der Waals surface area contributed by atoms with Gasteiger partial charge in [-0.2, -0.15) is 0 Å². The van der Waals surface area contributed by atoms with E-state index in [0.29, 0.717) is 0 Å². The first-order valence-corrected chi connectivity index (χ1v) is 19.7. The highest BCUT2D eigenvalue weighted by atomic mass is 15.1. The van der Waals surface area contributed by atoms with E-state index < -0.39 is 0 Å². The van der Waals surface area contributed by atoms with Crippen LogP contribution in [0, 0.1) is 0 Å². The van der Waals surface area contributed by atoms with Crippen molar-refractivity contribution < 1.29 is 0 Å². The average Bonchev–Trinajstić information content (AvgIpc) is 3.29. The maximum Gasteiger partial charge on any atom is 0.0468 e. The number of hydrogen-bond donors (Lipinski definition) is 0. The third-order valence-electron chi connectivity index (χ3n) is 11.6. The number of anilines is 3. The summed E-state index contributed by atoms with van der Waals surface area (Å²) in [6.45, 7) is 0. The van der Waals surface area contributed by atoms with Crippen LogP contribution in [0.1, 0.15) is 0 Å². The monoisotopic (exact) mass is 723 g/mol. The zero-order valence-corrected chi connectivity index (χ0v) is 31.3. The molecule has 1 nitrogen and oxygen atoms in total. The summed E-state index contributed by atoms with van der Waals surface area (Å²) in [5, 5.41) is 12.6. The summed E-state index contributed by atoms with van der Waals surface area (Å²) in [6, 6.07) is 82.2. The van der Waals surface area contributed by atoms with Gasteiger partial charge in [0.05, 0.1) is 0 Å². The summed E-state index contributed by atoms with van der Waals surface area (Å²) in [5.41, 5.74) is 10.5. The van der Waals surface area contributed by atoms with Crippen molar-refractivity contribution in [2.75, 3.05) is 4.90 Å². The fourth-order valence-corrected chi connectivity index (χ4v) is 8.88. The van der Waals surface area contributed by atoms with Gasteiger partial charge in [-0.05, 0) is 130 Å². The third kappa shape index (κ3) is 5.72. The normalized spacial score (nSPS) is 11.5. The van der Waals surface area contributed by atoms with Crippen LogP contribution in [-0.4, -0.2) is 0 Å². The molecule has 0 aliphatic rings. The van der Waals surface area contributed by atoms with Gasteiger partial charge in [0, 0.05) is 17.1 Å². The van der Waals surface area contributed by atoms with Crippen LogP contribution in [0.15, 0.2) is 224 Å². The molecule has 0 radical (unpaired) electrons. The summed E-state index contributed by atoms with van der Waals surface area (Å²) in [6.07, 6.45) is 0. The van der Waals surface area contributed by atoms with E-state index in [1.165, 1.54) is 87.2 Å². The predicted octanol–water partition coefficient (Wildman–Crippen LogP) is 15.9. The molecule has 0 atom stereocenters. The van der Waals surface area contributed by atoms with Crippen LogP contribution >= 0.6 is 0 Å². The maximum absolute atomic E-state index is 2.43. The Morgan fingerprint density at radius 2 is 0.719 bits per heavy atom. The molecule has 0 unspecified atom stereocenters. The Kier molecular flexibility index (Phi) is 7.89. The minimum Gasteiger partial charge on any atom is -0.310 e. The van der Waals surface area contributed by atoms with Gasteiger partial charge in [0.2, 0.25) is 0 Å². The maximum atomic E-state index is 2.43. The van der Waals surface area contributed by atoms with Gasteiger partial charge in [-0.3, -0.25) is 0 Å². The van der Waals surface area contributed by atoms with Gasteiger partial charge in [-0.15, -0.1) is 0 Å². The van der Waals surface area contributed by atoms with Crippen molar-refractivity contribution in [2.45, 2.75) is 0 Å². The van der Waals surface area contributed by atoms with E-state index in [4.69, 9.17) is 0 Å². The second-order valence-electron chi connectivity index (χ2n) is 14.9. The Morgan fingerprint density at radius 3 is 1.47 bits per heavy atom. The number of nitrogens with zero attached hydrogens (tertiary/aromatic N) is 1. The van der Waals surface area contributed by atoms with Crippen LogP contribution < -0.4 is 4.90 Å². The van der Waals surface area contributed by atoms with Crippen molar-refractivity contribution in [3.8, 4) is 33.4 Å². The minimum absolute atomic E-state index is 1.10. The quantitative estimate of drug-likeness (QED) is 0.154. The SMILES string of the molecule is c1ccc(-c2cccc(N(c3ccc(-c4cc5c6ccccc6ccc5c5ccccc45)c(-c4ccccc4)c3)c3ccc4ccc5ccccc5c4c3)c2)cc1. The summed E-state index contributed by atoms with van der Waals surface area (Å²) in [5.74, 6) is 0. The van der Waals surface area contributed by atoms with E-state index in [0.717, 1.165) is 17.1 Å². The van der Waals surface area contributed by atoms with Gasteiger partial charge in [-0.1, -0.05) is 182 Å². The standard InChI is InChI=1S/C56H37N/c1-3-14-38(15-4-1)43-20-13-21-44(34-43)57(45-30-28-42-27-26-40-18-7-9-22-47(40)53(42)35-45)46-31-33-52(54(36-46)39-16-5-2-6-17-39)56-37-55-48-23-10-8-19-41(48)29-32-51(55)49-24-11-12-25-50(49)56/h1-37H. The van der Waals surface area contributed by atoms with Gasteiger partial charge < -0.3 is 4.90 Å². The lowest BCUT2D eigenvalue weighted by Gasteiger charge is -2.28. The zero-order valence-electron chi connectivity index (χ0n) is 31.3. The van der Waals surface area contributed by atoms with Crippen molar-refractivity contribution in [3.05, 3.63) is 224 Å². The Balaban J connectivity index is 1.18. The topological polar surface area (TPSA) is 3.24 Å². The third-order valence-corrected chi connectivity index (χ3v) is 11.6. The van der Waals surface area contributed by atoms with E-state index in [1.807, 2.05) is 0 Å². The molecule has 0 spiro atoms. The molecule has 11 aromatic carbocycles. The average molecular weight is 724 g/mol. The van der Waals surface area contributed by atoms with Crippen molar-refractivity contribution in [2.24, 2.45) is 0 Å². The second kappa shape index (κ2) is 13.7. The van der Waals surface area contributed by atoms with Crippen LogP contribution in [-0.2, 0) is 0 Å². The van der Waals surface area contributed by atoms with E-state index in [-0.39, 0.29) is 0 Å². The summed E-state index contributed by atoms with van der Waals surface area (Å²) < 4.78 is 0. The van der Waals surface area contributed by atoms with E-state index in [2.05, 4.69) is 229 Å². The number of benzene rings is 11. The molecule has 0 aliphatic heterocycles. The fraction of sp³-hybridized carbons (Fsp3) is 0. The highest BCUT2D eigenvalue weighted by molar-refractivity contribution is 6.21. The highest BCUT2D eigenvalue weighted by Gasteiger charge is 2.20. The molecular formula is C56H37N. The molecule has 11 rings (SSSR count). The largest absolute Gasteiger partial charge is 0.310 e. The first-order valence-electron chi connectivity index (χ1n) is 19.7. The molecule has 0 amide bonds. The zero-order chi connectivity index (χ0) is 37.7. The van der Waals surface area contributed by atoms with Crippen molar-refractivity contribution in [1.29, 1.82) is 0 Å². The van der Waals surface area contributed by atoms with Gasteiger partial charge in [0.15, 0.2) is 0 Å². The Bertz CT molecular complexity index is 3290. The van der Waals surface area contributed by atoms with Crippen LogP contribution in [0.3, 0.4) is 0 Å². The molecule has 0 fully saturated rings.